The molecule has 0 bridgehead atoms. The molecule has 4 heteroatoms. The number of carbonyl (C=O) groups excluding carboxylic acids is 1. The van der Waals surface area contributed by atoms with E-state index in [1.165, 1.54) is 5.56 Å². The van der Waals surface area contributed by atoms with Crippen LogP contribution in [-0.4, -0.2) is 12.0 Å². The van der Waals surface area contributed by atoms with E-state index in [9.17, 15) is 4.79 Å². The Bertz CT molecular complexity index is 858. The van der Waals surface area contributed by atoms with Crippen molar-refractivity contribution in [1.82, 2.24) is 0 Å². The van der Waals surface area contributed by atoms with Crippen molar-refractivity contribution in [2.45, 2.75) is 26.4 Å². The van der Waals surface area contributed by atoms with Crippen molar-refractivity contribution in [3.63, 3.8) is 0 Å². The lowest BCUT2D eigenvalue weighted by Gasteiger charge is -2.15. The van der Waals surface area contributed by atoms with Crippen LogP contribution in [0.3, 0.4) is 0 Å². The van der Waals surface area contributed by atoms with Crippen molar-refractivity contribution in [2.75, 3.05) is 5.32 Å². The number of para-hydroxylation sites is 1. The molecule has 0 spiro atoms. The second-order valence-electron chi connectivity index (χ2n) is 6.19. The lowest BCUT2D eigenvalue weighted by molar-refractivity contribution is -0.122. The van der Waals surface area contributed by atoms with E-state index >= 15 is 0 Å². The van der Waals surface area contributed by atoms with E-state index in [1.54, 1.807) is 19.1 Å². The summed E-state index contributed by atoms with van der Waals surface area (Å²) in [7, 11) is 0. The third-order valence-corrected chi connectivity index (χ3v) is 4.11. The Hall–Kier alpha value is -3.27. The van der Waals surface area contributed by atoms with Gasteiger partial charge in [-0.1, -0.05) is 37.3 Å². The Labute approximate surface area is 159 Å². The third-order valence-electron chi connectivity index (χ3n) is 4.11. The summed E-state index contributed by atoms with van der Waals surface area (Å²) in [6.07, 6.45) is 0.373. The van der Waals surface area contributed by atoms with Crippen LogP contribution in [0.5, 0.6) is 17.2 Å². The lowest BCUT2D eigenvalue weighted by Crippen LogP contribution is -2.30. The molecule has 27 heavy (non-hydrogen) atoms. The highest BCUT2D eigenvalue weighted by Crippen LogP contribution is 2.23. The first-order chi connectivity index (χ1) is 13.1. The van der Waals surface area contributed by atoms with Crippen molar-refractivity contribution < 1.29 is 14.3 Å². The fourth-order valence-corrected chi connectivity index (χ4v) is 2.54. The normalized spacial score (nSPS) is 11.5. The molecule has 1 atom stereocenters. The average molecular weight is 361 g/mol. The highest BCUT2D eigenvalue weighted by molar-refractivity contribution is 5.94. The van der Waals surface area contributed by atoms with Crippen LogP contribution in [0.2, 0.25) is 0 Å². The minimum absolute atomic E-state index is 0.203. The van der Waals surface area contributed by atoms with Crippen LogP contribution in [-0.2, 0) is 11.2 Å². The maximum absolute atomic E-state index is 12.3. The first kappa shape index (κ1) is 18.5. The van der Waals surface area contributed by atoms with Crippen LogP contribution >= 0.6 is 0 Å². The molecule has 0 aliphatic heterocycles. The third kappa shape index (κ3) is 5.35. The van der Waals surface area contributed by atoms with Crippen molar-refractivity contribution >= 4 is 11.6 Å². The maximum Gasteiger partial charge on any atom is 0.265 e. The smallest absolute Gasteiger partial charge is 0.265 e. The van der Waals surface area contributed by atoms with Gasteiger partial charge in [-0.05, 0) is 67.4 Å². The van der Waals surface area contributed by atoms with Gasteiger partial charge in [-0.3, -0.25) is 4.79 Å². The van der Waals surface area contributed by atoms with Gasteiger partial charge < -0.3 is 14.8 Å². The predicted octanol–water partition coefficient (Wildman–Crippen LogP) is 5.45. The zero-order valence-corrected chi connectivity index (χ0v) is 15.5. The molecule has 0 radical (unpaired) electrons. The van der Waals surface area contributed by atoms with Crippen LogP contribution in [0, 0.1) is 0 Å². The standard InChI is InChI=1S/C23H23NO3/c1-3-18-9-13-21(14-10-18)26-17(2)23(25)24-19-11-15-22(16-12-19)27-20-7-5-4-6-8-20/h4-17H,3H2,1-2H3,(H,24,25)/t17-/m0/s1. The summed E-state index contributed by atoms with van der Waals surface area (Å²) in [5.74, 6) is 1.96. The molecule has 0 aliphatic rings. The van der Waals surface area contributed by atoms with Crippen LogP contribution in [0.15, 0.2) is 78.9 Å². The molecule has 0 fully saturated rings. The monoisotopic (exact) mass is 361 g/mol. The number of hydrogen-bond acceptors (Lipinski definition) is 3. The molecule has 3 aromatic carbocycles. The van der Waals surface area contributed by atoms with Gasteiger partial charge in [-0.2, -0.15) is 0 Å². The molecule has 0 saturated heterocycles. The summed E-state index contributed by atoms with van der Waals surface area (Å²) < 4.78 is 11.5. The van der Waals surface area contributed by atoms with Crippen LogP contribution in [0.1, 0.15) is 19.4 Å². The Morgan fingerprint density at radius 3 is 2.07 bits per heavy atom. The Morgan fingerprint density at radius 2 is 1.44 bits per heavy atom. The van der Waals surface area contributed by atoms with E-state index in [1.807, 2.05) is 66.7 Å². The minimum Gasteiger partial charge on any atom is -0.481 e. The first-order valence-electron chi connectivity index (χ1n) is 9.03. The van der Waals surface area contributed by atoms with Gasteiger partial charge in [-0.25, -0.2) is 0 Å². The SMILES string of the molecule is CCc1ccc(O[C@@H](C)C(=O)Nc2ccc(Oc3ccccc3)cc2)cc1. The van der Waals surface area contributed by atoms with Gasteiger partial charge in [0, 0.05) is 5.69 Å². The van der Waals surface area contributed by atoms with E-state index in [-0.39, 0.29) is 5.91 Å². The maximum atomic E-state index is 12.3. The van der Waals surface area contributed by atoms with Gasteiger partial charge in [0.25, 0.3) is 5.91 Å². The summed E-state index contributed by atoms with van der Waals surface area (Å²) in [6, 6.07) is 24.6. The van der Waals surface area contributed by atoms with Crippen molar-refractivity contribution in [2.24, 2.45) is 0 Å². The summed E-state index contributed by atoms with van der Waals surface area (Å²) in [5, 5.41) is 2.86. The highest BCUT2D eigenvalue weighted by atomic mass is 16.5. The van der Waals surface area contributed by atoms with Gasteiger partial charge in [0.15, 0.2) is 6.10 Å². The minimum atomic E-state index is -0.599. The molecule has 0 unspecified atom stereocenters. The molecule has 3 rings (SSSR count). The van der Waals surface area contributed by atoms with Crippen LogP contribution in [0.25, 0.3) is 0 Å². The van der Waals surface area contributed by atoms with Gasteiger partial charge in [-0.15, -0.1) is 0 Å². The van der Waals surface area contributed by atoms with E-state index in [0.29, 0.717) is 17.2 Å². The number of carbonyl (C=O) groups is 1. The molecule has 4 nitrogen and oxygen atoms in total. The van der Waals surface area contributed by atoms with Crippen LogP contribution < -0.4 is 14.8 Å². The van der Waals surface area contributed by atoms with Crippen LogP contribution in [0.4, 0.5) is 5.69 Å². The molecule has 1 amide bonds. The molecule has 1 N–H and O–H groups in total. The van der Waals surface area contributed by atoms with Gasteiger partial charge >= 0.3 is 0 Å². The number of benzene rings is 3. The predicted molar refractivity (Wildman–Crippen MR) is 107 cm³/mol. The average Bonchev–Trinajstić information content (AvgIpc) is 2.71. The summed E-state index contributed by atoms with van der Waals surface area (Å²) in [6.45, 7) is 3.83. The molecule has 0 aliphatic carbocycles. The molecule has 0 saturated carbocycles. The first-order valence-corrected chi connectivity index (χ1v) is 9.03. The van der Waals surface area contributed by atoms with E-state index in [4.69, 9.17) is 9.47 Å². The van der Waals surface area contributed by atoms with Crippen molar-refractivity contribution in [3.8, 4) is 17.2 Å². The molecular weight excluding hydrogens is 338 g/mol. The molecule has 0 heterocycles. The van der Waals surface area contributed by atoms with Crippen molar-refractivity contribution in [3.05, 3.63) is 84.4 Å². The lowest BCUT2D eigenvalue weighted by atomic mass is 10.2. The number of nitrogens with one attached hydrogen (secondary N) is 1. The number of rotatable bonds is 7. The number of amides is 1. The van der Waals surface area contributed by atoms with Gasteiger partial charge in [0.2, 0.25) is 0 Å². The largest absolute Gasteiger partial charge is 0.481 e. The Kier molecular flexibility index (Phi) is 6.10. The second kappa shape index (κ2) is 8.90. The quantitative estimate of drug-likeness (QED) is 0.609. The highest BCUT2D eigenvalue weighted by Gasteiger charge is 2.15. The zero-order chi connectivity index (χ0) is 19.1. The van der Waals surface area contributed by atoms with Gasteiger partial charge in [0.05, 0.1) is 0 Å². The Balaban J connectivity index is 1.54. The number of ether oxygens (including phenoxy) is 2. The van der Waals surface area contributed by atoms with E-state index < -0.39 is 6.10 Å². The zero-order valence-electron chi connectivity index (χ0n) is 15.5. The molecule has 3 aromatic rings. The Morgan fingerprint density at radius 1 is 0.852 bits per heavy atom. The number of aryl methyl sites for hydroxylation is 1. The second-order valence-corrected chi connectivity index (χ2v) is 6.19. The summed E-state index contributed by atoms with van der Waals surface area (Å²) in [4.78, 5) is 12.3. The summed E-state index contributed by atoms with van der Waals surface area (Å²) in [5.41, 5.74) is 1.93. The van der Waals surface area contributed by atoms with E-state index in [2.05, 4.69) is 12.2 Å². The topological polar surface area (TPSA) is 47.6 Å². The number of anilines is 1. The van der Waals surface area contributed by atoms with Gasteiger partial charge in [0.1, 0.15) is 17.2 Å². The molecule has 0 aromatic heterocycles. The number of hydrogen-bond donors (Lipinski definition) is 1. The summed E-state index contributed by atoms with van der Waals surface area (Å²) >= 11 is 0. The molecule has 138 valence electrons. The fraction of sp³-hybridized carbons (Fsp3) is 0.174. The van der Waals surface area contributed by atoms with E-state index in [0.717, 1.165) is 12.2 Å². The van der Waals surface area contributed by atoms with Crippen molar-refractivity contribution in [1.29, 1.82) is 0 Å². The fourth-order valence-electron chi connectivity index (χ4n) is 2.54. The molecular formula is C23H23NO3.